The minimum Gasteiger partial charge on any atom is -0.494 e. The summed E-state index contributed by atoms with van der Waals surface area (Å²) in [7, 11) is 0. The molecule has 2 aromatic carbocycles. The van der Waals surface area contributed by atoms with E-state index in [1.807, 2.05) is 41.0 Å². The predicted molar refractivity (Wildman–Crippen MR) is 120 cm³/mol. The average Bonchev–Trinajstić information content (AvgIpc) is 3.13. The molecule has 0 unspecified atom stereocenters. The third-order valence-electron chi connectivity index (χ3n) is 4.93. The second-order valence-electron chi connectivity index (χ2n) is 6.90. The lowest BCUT2D eigenvalue weighted by atomic mass is 10.0. The van der Waals surface area contributed by atoms with E-state index in [2.05, 4.69) is 42.2 Å². The SMILES string of the molecule is CCCCOc1cccc(-c2cc(-c3n[nH]c(=S)n3CC)c3ccccc3n2)c1. The molecular weight excluding hydrogens is 380 g/mol. The standard InChI is InChI=1S/C23H24N4OS/c1-3-5-13-28-17-10-8-9-16(14-17)21-15-19(18-11-6-7-12-20(18)24-21)22-25-26-23(29)27(22)4-2/h6-12,14-15H,3-5,13H2,1-2H3,(H,26,29). The Kier molecular flexibility index (Phi) is 5.71. The second kappa shape index (κ2) is 8.57. The smallest absolute Gasteiger partial charge is 0.195 e. The van der Waals surface area contributed by atoms with Crippen LogP contribution in [-0.2, 0) is 6.54 Å². The molecule has 148 valence electrons. The highest BCUT2D eigenvalue weighted by Crippen LogP contribution is 2.32. The predicted octanol–water partition coefficient (Wildman–Crippen LogP) is 6.02. The van der Waals surface area contributed by atoms with E-state index in [1.54, 1.807) is 0 Å². The first-order chi connectivity index (χ1) is 14.2. The van der Waals surface area contributed by atoms with Crippen molar-refractivity contribution in [3.05, 3.63) is 59.4 Å². The Balaban J connectivity index is 1.85. The van der Waals surface area contributed by atoms with Gasteiger partial charge in [-0.05, 0) is 49.8 Å². The first-order valence-corrected chi connectivity index (χ1v) is 10.4. The topological polar surface area (TPSA) is 55.7 Å². The number of ether oxygens (including phenoxy) is 1. The van der Waals surface area contributed by atoms with Gasteiger partial charge in [0.25, 0.3) is 0 Å². The Labute approximate surface area is 175 Å². The van der Waals surface area contributed by atoms with Crippen LogP contribution in [0.1, 0.15) is 26.7 Å². The molecule has 0 amide bonds. The number of hydrogen-bond donors (Lipinski definition) is 1. The molecule has 2 aromatic heterocycles. The van der Waals surface area contributed by atoms with E-state index in [0.29, 0.717) is 4.77 Å². The number of H-pyrrole nitrogens is 1. The number of pyridine rings is 1. The van der Waals surface area contributed by atoms with Crippen LogP contribution in [0.5, 0.6) is 5.75 Å². The number of nitrogens with one attached hydrogen (secondary N) is 1. The normalized spacial score (nSPS) is 11.1. The molecule has 29 heavy (non-hydrogen) atoms. The molecule has 0 aliphatic rings. The first kappa shape index (κ1) is 19.3. The Morgan fingerprint density at radius 2 is 1.93 bits per heavy atom. The summed E-state index contributed by atoms with van der Waals surface area (Å²) in [5.74, 6) is 1.69. The van der Waals surface area contributed by atoms with Crippen LogP contribution in [0.4, 0.5) is 0 Å². The molecule has 1 N–H and O–H groups in total. The van der Waals surface area contributed by atoms with Gasteiger partial charge in [0.05, 0.1) is 17.8 Å². The third-order valence-corrected chi connectivity index (χ3v) is 5.24. The molecule has 0 aliphatic heterocycles. The Bertz CT molecular complexity index is 1190. The van der Waals surface area contributed by atoms with E-state index in [4.69, 9.17) is 21.9 Å². The van der Waals surface area contributed by atoms with Crippen molar-refractivity contribution in [2.75, 3.05) is 6.61 Å². The number of para-hydroxylation sites is 1. The largest absolute Gasteiger partial charge is 0.494 e. The minimum absolute atomic E-state index is 0.622. The first-order valence-electron chi connectivity index (χ1n) is 10.00. The lowest BCUT2D eigenvalue weighted by Gasteiger charge is -2.12. The van der Waals surface area contributed by atoms with E-state index >= 15 is 0 Å². The number of nitrogens with zero attached hydrogens (tertiary/aromatic N) is 3. The second-order valence-corrected chi connectivity index (χ2v) is 7.29. The zero-order chi connectivity index (χ0) is 20.2. The lowest BCUT2D eigenvalue weighted by Crippen LogP contribution is -2.00. The number of rotatable bonds is 7. The number of aromatic amines is 1. The molecule has 5 nitrogen and oxygen atoms in total. The van der Waals surface area contributed by atoms with Gasteiger partial charge in [0.15, 0.2) is 10.6 Å². The number of fused-ring (bicyclic) bond motifs is 1. The maximum absolute atomic E-state index is 5.89. The van der Waals surface area contributed by atoms with E-state index < -0.39 is 0 Å². The summed E-state index contributed by atoms with van der Waals surface area (Å²) in [4.78, 5) is 4.90. The van der Waals surface area contributed by atoms with Crippen LogP contribution < -0.4 is 4.74 Å². The van der Waals surface area contributed by atoms with Crippen molar-refractivity contribution in [1.82, 2.24) is 19.7 Å². The van der Waals surface area contributed by atoms with Crippen molar-refractivity contribution in [2.24, 2.45) is 0 Å². The van der Waals surface area contributed by atoms with Crippen molar-refractivity contribution in [3.8, 4) is 28.4 Å². The van der Waals surface area contributed by atoms with Crippen LogP contribution in [0.3, 0.4) is 0 Å². The monoisotopic (exact) mass is 404 g/mol. The van der Waals surface area contributed by atoms with Gasteiger partial charge in [-0.3, -0.25) is 5.10 Å². The highest BCUT2D eigenvalue weighted by atomic mass is 32.1. The molecule has 6 heteroatoms. The van der Waals surface area contributed by atoms with E-state index in [1.165, 1.54) is 0 Å². The molecule has 0 fully saturated rings. The summed E-state index contributed by atoms with van der Waals surface area (Å²) in [6, 6.07) is 18.3. The van der Waals surface area contributed by atoms with Gasteiger partial charge in [-0.2, -0.15) is 5.10 Å². The molecule has 2 heterocycles. The fraction of sp³-hybridized carbons (Fsp3) is 0.261. The molecule has 0 aliphatic carbocycles. The van der Waals surface area contributed by atoms with Crippen molar-refractivity contribution in [3.63, 3.8) is 0 Å². The number of hydrogen-bond acceptors (Lipinski definition) is 4. The highest BCUT2D eigenvalue weighted by Gasteiger charge is 2.15. The van der Waals surface area contributed by atoms with Gasteiger partial charge in [0, 0.05) is 23.1 Å². The zero-order valence-corrected chi connectivity index (χ0v) is 17.5. The highest BCUT2D eigenvalue weighted by molar-refractivity contribution is 7.71. The van der Waals surface area contributed by atoms with Crippen molar-refractivity contribution in [2.45, 2.75) is 33.2 Å². The zero-order valence-electron chi connectivity index (χ0n) is 16.7. The Morgan fingerprint density at radius 1 is 1.07 bits per heavy atom. The quantitative estimate of drug-likeness (QED) is 0.302. The van der Waals surface area contributed by atoms with Crippen molar-refractivity contribution in [1.29, 1.82) is 0 Å². The summed E-state index contributed by atoms with van der Waals surface area (Å²) >= 11 is 5.40. The summed E-state index contributed by atoms with van der Waals surface area (Å²) in [6.45, 7) is 5.70. The summed E-state index contributed by atoms with van der Waals surface area (Å²) < 4.78 is 8.51. The van der Waals surface area contributed by atoms with Gasteiger partial charge < -0.3 is 9.30 Å². The molecular formula is C23H24N4OS. The van der Waals surface area contributed by atoms with Crippen molar-refractivity contribution < 1.29 is 4.74 Å². The number of benzene rings is 2. The number of aromatic nitrogens is 4. The fourth-order valence-corrected chi connectivity index (χ4v) is 3.67. The van der Waals surface area contributed by atoms with E-state index in [0.717, 1.165) is 65.3 Å². The van der Waals surface area contributed by atoms with Crippen LogP contribution in [0, 0.1) is 4.77 Å². The molecule has 0 bridgehead atoms. The molecule has 4 aromatic rings. The van der Waals surface area contributed by atoms with E-state index in [-0.39, 0.29) is 0 Å². The van der Waals surface area contributed by atoms with Crippen LogP contribution in [0.25, 0.3) is 33.5 Å². The lowest BCUT2D eigenvalue weighted by molar-refractivity contribution is 0.309. The summed E-state index contributed by atoms with van der Waals surface area (Å²) in [5.41, 5.74) is 3.84. The maximum Gasteiger partial charge on any atom is 0.195 e. The molecule has 4 rings (SSSR count). The van der Waals surface area contributed by atoms with Gasteiger partial charge in [-0.15, -0.1) is 0 Å². The minimum atomic E-state index is 0.622. The number of unbranched alkanes of at least 4 members (excludes halogenated alkanes) is 1. The van der Waals surface area contributed by atoms with Crippen LogP contribution in [0.15, 0.2) is 54.6 Å². The Hall–Kier alpha value is -2.99. The van der Waals surface area contributed by atoms with Crippen LogP contribution in [-0.4, -0.2) is 26.4 Å². The van der Waals surface area contributed by atoms with Gasteiger partial charge >= 0.3 is 0 Å². The summed E-state index contributed by atoms with van der Waals surface area (Å²) in [6.07, 6.45) is 2.16. The van der Waals surface area contributed by atoms with Gasteiger partial charge in [0.1, 0.15) is 5.75 Å². The van der Waals surface area contributed by atoms with Gasteiger partial charge in [-0.1, -0.05) is 43.7 Å². The molecule has 0 saturated heterocycles. The van der Waals surface area contributed by atoms with Crippen LogP contribution >= 0.6 is 12.2 Å². The van der Waals surface area contributed by atoms with Gasteiger partial charge in [-0.25, -0.2) is 4.98 Å². The fourth-order valence-electron chi connectivity index (χ4n) is 3.40. The Morgan fingerprint density at radius 3 is 2.76 bits per heavy atom. The summed E-state index contributed by atoms with van der Waals surface area (Å²) in [5, 5.41) is 8.48. The average molecular weight is 405 g/mol. The van der Waals surface area contributed by atoms with E-state index in [9.17, 15) is 0 Å². The third kappa shape index (κ3) is 3.93. The van der Waals surface area contributed by atoms with Crippen LogP contribution in [0.2, 0.25) is 0 Å². The molecule has 0 atom stereocenters. The maximum atomic E-state index is 5.89. The van der Waals surface area contributed by atoms with Gasteiger partial charge in [0.2, 0.25) is 0 Å². The molecule has 0 radical (unpaired) electrons. The van der Waals surface area contributed by atoms with Crippen molar-refractivity contribution >= 4 is 23.1 Å². The molecule has 0 spiro atoms. The molecule has 0 saturated carbocycles.